The SMILES string of the molecule is CC(=O)c1cnc2cc(Cl)cnn12. The van der Waals surface area contributed by atoms with Crippen molar-refractivity contribution in [3.63, 3.8) is 0 Å². The van der Waals surface area contributed by atoms with Gasteiger partial charge >= 0.3 is 0 Å². The lowest BCUT2D eigenvalue weighted by atomic mass is 10.3. The van der Waals surface area contributed by atoms with Crippen LogP contribution in [-0.4, -0.2) is 20.4 Å². The molecule has 13 heavy (non-hydrogen) atoms. The number of imidazole rings is 1. The zero-order valence-corrected chi connectivity index (χ0v) is 7.62. The molecule has 0 aromatic carbocycles. The first-order chi connectivity index (χ1) is 6.18. The van der Waals surface area contributed by atoms with Gasteiger partial charge < -0.3 is 0 Å². The number of aromatic nitrogens is 3. The van der Waals surface area contributed by atoms with Crippen LogP contribution in [0.3, 0.4) is 0 Å². The van der Waals surface area contributed by atoms with Crippen LogP contribution >= 0.6 is 11.6 Å². The van der Waals surface area contributed by atoms with Gasteiger partial charge in [0.1, 0.15) is 5.69 Å². The van der Waals surface area contributed by atoms with Crippen molar-refractivity contribution in [3.8, 4) is 0 Å². The Hall–Kier alpha value is -1.42. The van der Waals surface area contributed by atoms with E-state index in [0.29, 0.717) is 16.4 Å². The Morgan fingerprint density at radius 3 is 3.00 bits per heavy atom. The second kappa shape index (κ2) is 2.81. The second-order valence-electron chi connectivity index (χ2n) is 2.64. The number of rotatable bonds is 1. The van der Waals surface area contributed by atoms with Gasteiger partial charge in [0.05, 0.1) is 17.4 Å². The largest absolute Gasteiger partial charge is 0.293 e. The van der Waals surface area contributed by atoms with E-state index >= 15 is 0 Å². The van der Waals surface area contributed by atoms with Crippen LogP contribution in [0.4, 0.5) is 0 Å². The van der Waals surface area contributed by atoms with Crippen LogP contribution < -0.4 is 0 Å². The fourth-order valence-electron chi connectivity index (χ4n) is 1.09. The van der Waals surface area contributed by atoms with Gasteiger partial charge in [-0.15, -0.1) is 0 Å². The Labute approximate surface area is 79.2 Å². The van der Waals surface area contributed by atoms with Crippen LogP contribution in [-0.2, 0) is 0 Å². The lowest BCUT2D eigenvalue weighted by Gasteiger charge is -1.95. The van der Waals surface area contributed by atoms with Gasteiger partial charge in [0.2, 0.25) is 0 Å². The van der Waals surface area contributed by atoms with Crippen LogP contribution in [0.1, 0.15) is 17.4 Å². The molecule has 0 spiro atoms. The second-order valence-corrected chi connectivity index (χ2v) is 3.08. The maximum Gasteiger partial charge on any atom is 0.179 e. The van der Waals surface area contributed by atoms with E-state index in [4.69, 9.17) is 11.6 Å². The Kier molecular flexibility index (Phi) is 1.77. The van der Waals surface area contributed by atoms with E-state index in [2.05, 4.69) is 10.1 Å². The van der Waals surface area contributed by atoms with Crippen molar-refractivity contribution in [3.05, 3.63) is 29.2 Å². The van der Waals surface area contributed by atoms with Crippen molar-refractivity contribution in [1.82, 2.24) is 14.6 Å². The van der Waals surface area contributed by atoms with E-state index in [9.17, 15) is 4.79 Å². The van der Waals surface area contributed by atoms with Crippen molar-refractivity contribution in [2.24, 2.45) is 0 Å². The van der Waals surface area contributed by atoms with E-state index in [0.717, 1.165) is 0 Å². The summed E-state index contributed by atoms with van der Waals surface area (Å²) in [5.41, 5.74) is 1.05. The number of Topliss-reactive ketones (excluding diaryl/α,β-unsaturated/α-hetero) is 1. The lowest BCUT2D eigenvalue weighted by Crippen LogP contribution is -2.01. The minimum absolute atomic E-state index is 0.0673. The van der Waals surface area contributed by atoms with Gasteiger partial charge in [-0.25, -0.2) is 9.50 Å². The van der Waals surface area contributed by atoms with Gasteiger partial charge in [-0.2, -0.15) is 5.10 Å². The Morgan fingerprint density at radius 2 is 2.31 bits per heavy atom. The van der Waals surface area contributed by atoms with Crippen LogP contribution in [0.15, 0.2) is 18.5 Å². The molecule has 66 valence electrons. The summed E-state index contributed by atoms with van der Waals surface area (Å²) in [5.74, 6) is -0.0673. The number of nitrogens with zero attached hydrogens (tertiary/aromatic N) is 3. The van der Waals surface area contributed by atoms with E-state index in [-0.39, 0.29) is 5.78 Å². The third-order valence-electron chi connectivity index (χ3n) is 1.69. The average molecular weight is 196 g/mol. The average Bonchev–Trinajstić information content (AvgIpc) is 2.46. The molecule has 0 aliphatic carbocycles. The van der Waals surface area contributed by atoms with Crippen LogP contribution in [0.25, 0.3) is 5.65 Å². The molecule has 0 aliphatic heterocycles. The monoisotopic (exact) mass is 195 g/mol. The molecule has 4 nitrogen and oxygen atoms in total. The number of carbonyl (C=O) groups is 1. The molecule has 2 rings (SSSR count). The van der Waals surface area contributed by atoms with Gasteiger partial charge in [-0.05, 0) is 0 Å². The molecule has 0 bridgehead atoms. The van der Waals surface area contributed by atoms with E-state index in [1.807, 2.05) is 0 Å². The molecule has 0 saturated heterocycles. The standard InChI is InChI=1S/C8H6ClN3O/c1-5(13)7-4-10-8-2-6(9)3-11-12(7)8/h2-4H,1H3. The van der Waals surface area contributed by atoms with Crippen molar-refractivity contribution in [1.29, 1.82) is 0 Å². The van der Waals surface area contributed by atoms with E-state index < -0.39 is 0 Å². The quantitative estimate of drug-likeness (QED) is 0.650. The van der Waals surface area contributed by atoms with Crippen LogP contribution in [0.5, 0.6) is 0 Å². The van der Waals surface area contributed by atoms with E-state index in [1.165, 1.54) is 23.8 Å². The highest BCUT2D eigenvalue weighted by atomic mass is 35.5. The van der Waals surface area contributed by atoms with Crippen molar-refractivity contribution in [2.75, 3.05) is 0 Å². The molecular weight excluding hydrogens is 190 g/mol. The number of ketones is 1. The van der Waals surface area contributed by atoms with Gasteiger partial charge in [-0.1, -0.05) is 11.6 Å². The highest BCUT2D eigenvalue weighted by Gasteiger charge is 2.07. The zero-order chi connectivity index (χ0) is 9.42. The fraction of sp³-hybridized carbons (Fsp3) is 0.125. The summed E-state index contributed by atoms with van der Waals surface area (Å²) in [7, 11) is 0. The topological polar surface area (TPSA) is 47.3 Å². The van der Waals surface area contributed by atoms with Crippen LogP contribution in [0.2, 0.25) is 5.02 Å². The number of hydrogen-bond acceptors (Lipinski definition) is 3. The molecule has 2 aromatic rings. The predicted molar refractivity (Wildman–Crippen MR) is 48.0 cm³/mol. The molecule has 5 heteroatoms. The summed E-state index contributed by atoms with van der Waals surface area (Å²) >= 11 is 5.71. The smallest absolute Gasteiger partial charge is 0.179 e. The molecule has 2 aromatic heterocycles. The van der Waals surface area contributed by atoms with Gasteiger partial charge in [0, 0.05) is 13.0 Å². The number of hydrogen-bond donors (Lipinski definition) is 0. The van der Waals surface area contributed by atoms with Crippen molar-refractivity contribution < 1.29 is 4.79 Å². The highest BCUT2D eigenvalue weighted by Crippen LogP contribution is 2.11. The van der Waals surface area contributed by atoms with Gasteiger partial charge in [0.25, 0.3) is 0 Å². The molecule has 0 N–H and O–H groups in total. The first-order valence-electron chi connectivity index (χ1n) is 3.69. The molecular formula is C8H6ClN3O. The molecule has 0 atom stereocenters. The Morgan fingerprint density at radius 1 is 1.54 bits per heavy atom. The molecule has 2 heterocycles. The van der Waals surface area contributed by atoms with Gasteiger partial charge in [-0.3, -0.25) is 4.79 Å². The summed E-state index contributed by atoms with van der Waals surface area (Å²) in [5, 5.41) is 4.47. The summed E-state index contributed by atoms with van der Waals surface area (Å²) in [6.07, 6.45) is 2.96. The van der Waals surface area contributed by atoms with Crippen molar-refractivity contribution in [2.45, 2.75) is 6.92 Å². The van der Waals surface area contributed by atoms with Crippen LogP contribution in [0, 0.1) is 0 Å². The minimum atomic E-state index is -0.0673. The maximum absolute atomic E-state index is 11.1. The summed E-state index contributed by atoms with van der Waals surface area (Å²) in [6.45, 7) is 1.47. The van der Waals surface area contributed by atoms with Crippen molar-refractivity contribution >= 4 is 23.0 Å². The molecule has 0 radical (unpaired) electrons. The third kappa shape index (κ3) is 1.29. The number of halogens is 1. The zero-order valence-electron chi connectivity index (χ0n) is 6.86. The van der Waals surface area contributed by atoms with Gasteiger partial charge in [0.15, 0.2) is 11.4 Å². The summed E-state index contributed by atoms with van der Waals surface area (Å²) in [4.78, 5) is 15.1. The Balaban J connectivity index is 2.76. The number of carbonyl (C=O) groups excluding carboxylic acids is 1. The van der Waals surface area contributed by atoms with E-state index in [1.54, 1.807) is 6.07 Å². The summed E-state index contributed by atoms with van der Waals surface area (Å²) < 4.78 is 1.47. The third-order valence-corrected chi connectivity index (χ3v) is 1.90. The molecule has 0 aliphatic rings. The Bertz CT molecular complexity index is 477. The lowest BCUT2D eigenvalue weighted by molar-refractivity contribution is 0.101. The normalized spacial score (nSPS) is 10.6. The molecule has 0 unspecified atom stereocenters. The first kappa shape index (κ1) is 8.19. The highest BCUT2D eigenvalue weighted by molar-refractivity contribution is 6.30. The molecule has 0 amide bonds. The number of fused-ring (bicyclic) bond motifs is 1. The predicted octanol–water partition coefficient (Wildman–Crippen LogP) is 1.59. The maximum atomic E-state index is 11.1. The first-order valence-corrected chi connectivity index (χ1v) is 4.06. The minimum Gasteiger partial charge on any atom is -0.293 e. The molecule has 0 fully saturated rings. The molecule has 0 saturated carbocycles. The fourth-order valence-corrected chi connectivity index (χ4v) is 1.23. The summed E-state index contributed by atoms with van der Waals surface area (Å²) in [6, 6.07) is 1.65.